The summed E-state index contributed by atoms with van der Waals surface area (Å²) in [6, 6.07) is 19.6. The smallest absolute Gasteiger partial charge is 0.330 e. The number of nitrogens with one attached hydrogen (secondary N) is 2. The maximum absolute atomic E-state index is 13.9. The van der Waals surface area contributed by atoms with Gasteiger partial charge in [0.25, 0.3) is 0 Å². The Morgan fingerprint density at radius 2 is 1.59 bits per heavy atom. The minimum Gasteiger partial charge on any atom is -0.336 e. The molecule has 0 saturated heterocycles. The zero-order valence-corrected chi connectivity index (χ0v) is 23.3. The quantitative estimate of drug-likeness (QED) is 0.365. The van der Waals surface area contributed by atoms with E-state index in [1.807, 2.05) is 54.8 Å². The van der Waals surface area contributed by atoms with Crippen molar-refractivity contribution in [2.45, 2.75) is 54.1 Å². The van der Waals surface area contributed by atoms with Crippen molar-refractivity contribution < 1.29 is 4.79 Å². The Morgan fingerprint density at radius 3 is 2.31 bits per heavy atom. The minimum atomic E-state index is -0.316. The van der Waals surface area contributed by atoms with Gasteiger partial charge in [-0.2, -0.15) is 0 Å². The number of para-hydroxylation sites is 1. The largest absolute Gasteiger partial charge is 0.336 e. The fourth-order valence-corrected chi connectivity index (χ4v) is 5.36. The van der Waals surface area contributed by atoms with Crippen LogP contribution in [0.2, 0.25) is 0 Å². The van der Waals surface area contributed by atoms with Gasteiger partial charge in [-0.1, -0.05) is 42.0 Å². The van der Waals surface area contributed by atoms with Crippen molar-refractivity contribution >= 4 is 17.4 Å². The van der Waals surface area contributed by atoms with E-state index in [-0.39, 0.29) is 18.3 Å². The van der Waals surface area contributed by atoms with E-state index in [1.54, 1.807) is 4.57 Å². The Kier molecular flexibility index (Phi) is 7.24. The van der Waals surface area contributed by atoms with E-state index in [2.05, 4.69) is 55.7 Å². The molecule has 0 spiro atoms. The van der Waals surface area contributed by atoms with Crippen LogP contribution in [-0.2, 0) is 19.5 Å². The van der Waals surface area contributed by atoms with Crippen LogP contribution in [0.25, 0.3) is 11.3 Å². The number of anilines is 1. The Balaban J connectivity index is 1.57. The maximum Gasteiger partial charge on any atom is 0.330 e. The summed E-state index contributed by atoms with van der Waals surface area (Å²) in [6.45, 7) is 11.6. The fourth-order valence-electron chi connectivity index (χ4n) is 5.36. The van der Waals surface area contributed by atoms with Gasteiger partial charge in [-0.15, -0.1) is 0 Å². The molecule has 2 N–H and O–H groups in total. The number of amides is 2. The maximum atomic E-state index is 13.9. The average molecular weight is 522 g/mol. The van der Waals surface area contributed by atoms with E-state index >= 15 is 0 Å². The zero-order valence-electron chi connectivity index (χ0n) is 23.3. The molecule has 1 aliphatic heterocycles. The summed E-state index contributed by atoms with van der Waals surface area (Å²) in [5.41, 5.74) is 11.0. The molecule has 2 amide bonds. The number of urea groups is 1. The molecule has 0 unspecified atom stereocenters. The first-order valence-corrected chi connectivity index (χ1v) is 13.4. The second-order valence-electron chi connectivity index (χ2n) is 10.4. The highest BCUT2D eigenvalue weighted by molar-refractivity contribution is 5.89. The second-order valence-corrected chi connectivity index (χ2v) is 10.4. The molecule has 7 heteroatoms. The molecule has 39 heavy (non-hydrogen) atoms. The van der Waals surface area contributed by atoms with Crippen LogP contribution in [0.3, 0.4) is 0 Å². The number of carbonyl (C=O) groups excluding carboxylic acids is 1. The molecule has 4 aromatic rings. The fraction of sp³-hybridized carbons (Fsp3) is 0.281. The van der Waals surface area contributed by atoms with Crippen LogP contribution in [0.5, 0.6) is 0 Å². The molecule has 1 aromatic heterocycles. The minimum absolute atomic E-state index is 0.122. The number of rotatable bonds is 5. The standard InChI is InChI=1S/C32H35N5O2/c1-20-15-23(4)30(24(5)16-20)35-29-19-28-27-18-22(3)21(2)17-25(27)11-13-36(28)32(39)37(29)14-12-33-31(38)34-26-9-7-6-8-10-26/h6-10,15-19H,11-14H2,1-5H3,(H2,33,34,38). The monoisotopic (exact) mass is 521 g/mol. The van der Waals surface area contributed by atoms with Crippen molar-refractivity contribution in [1.82, 2.24) is 14.5 Å². The van der Waals surface area contributed by atoms with E-state index in [0.717, 1.165) is 34.5 Å². The third-order valence-electron chi connectivity index (χ3n) is 7.41. The van der Waals surface area contributed by atoms with Crippen LogP contribution in [-0.4, -0.2) is 21.7 Å². The first-order valence-electron chi connectivity index (χ1n) is 13.4. The number of aryl methyl sites for hydroxylation is 6. The van der Waals surface area contributed by atoms with E-state index in [1.165, 1.54) is 22.3 Å². The summed E-state index contributed by atoms with van der Waals surface area (Å²) in [6.07, 6.45) is 0.799. The van der Waals surface area contributed by atoms with Crippen LogP contribution in [0.4, 0.5) is 16.2 Å². The molecule has 0 aliphatic carbocycles. The molecule has 1 aliphatic rings. The summed E-state index contributed by atoms with van der Waals surface area (Å²) in [5, 5.41) is 5.70. The van der Waals surface area contributed by atoms with E-state index in [4.69, 9.17) is 4.99 Å². The molecule has 5 rings (SSSR count). The number of aromatic nitrogens is 2. The molecular formula is C32H35N5O2. The summed E-state index contributed by atoms with van der Waals surface area (Å²) in [4.78, 5) is 31.4. The summed E-state index contributed by atoms with van der Waals surface area (Å²) in [5.74, 6) is 0. The number of fused-ring (bicyclic) bond motifs is 3. The van der Waals surface area contributed by atoms with Crippen molar-refractivity contribution in [1.29, 1.82) is 0 Å². The van der Waals surface area contributed by atoms with E-state index in [9.17, 15) is 9.59 Å². The summed E-state index contributed by atoms with van der Waals surface area (Å²) >= 11 is 0. The van der Waals surface area contributed by atoms with Gasteiger partial charge in [0.15, 0.2) is 0 Å². The zero-order chi connectivity index (χ0) is 27.7. The Morgan fingerprint density at radius 1 is 0.897 bits per heavy atom. The predicted molar refractivity (Wildman–Crippen MR) is 157 cm³/mol. The first-order chi connectivity index (χ1) is 18.7. The molecule has 0 atom stereocenters. The number of hydrogen-bond acceptors (Lipinski definition) is 3. The van der Waals surface area contributed by atoms with E-state index in [0.29, 0.717) is 24.3 Å². The molecular weight excluding hydrogens is 486 g/mol. The Labute approximate surface area is 228 Å². The summed E-state index contributed by atoms with van der Waals surface area (Å²) in [7, 11) is 0. The van der Waals surface area contributed by atoms with Gasteiger partial charge in [0, 0.05) is 37.0 Å². The van der Waals surface area contributed by atoms with Crippen LogP contribution in [0.1, 0.15) is 33.4 Å². The molecule has 0 bridgehead atoms. The Bertz CT molecular complexity index is 1670. The third kappa shape index (κ3) is 5.43. The lowest BCUT2D eigenvalue weighted by atomic mass is 9.93. The number of carbonyl (C=O) groups is 1. The number of hydrogen-bond donors (Lipinski definition) is 2. The van der Waals surface area contributed by atoms with Gasteiger partial charge in [0.05, 0.1) is 11.4 Å². The normalized spacial score (nSPS) is 12.6. The lowest BCUT2D eigenvalue weighted by molar-refractivity contribution is 0.251. The van der Waals surface area contributed by atoms with Crippen LogP contribution < -0.4 is 21.8 Å². The lowest BCUT2D eigenvalue weighted by Crippen LogP contribution is -2.44. The molecule has 0 radical (unpaired) electrons. The molecule has 2 heterocycles. The second kappa shape index (κ2) is 10.8. The average Bonchev–Trinajstić information content (AvgIpc) is 2.89. The van der Waals surface area contributed by atoms with Crippen molar-refractivity contribution in [2.24, 2.45) is 4.99 Å². The van der Waals surface area contributed by atoms with Crippen molar-refractivity contribution in [3.8, 4) is 11.3 Å². The van der Waals surface area contributed by atoms with Crippen molar-refractivity contribution in [3.05, 3.63) is 110 Å². The molecule has 7 nitrogen and oxygen atoms in total. The van der Waals surface area contributed by atoms with Crippen LogP contribution in [0.15, 0.2) is 70.5 Å². The highest BCUT2D eigenvalue weighted by Crippen LogP contribution is 2.30. The van der Waals surface area contributed by atoms with Crippen LogP contribution >= 0.6 is 0 Å². The van der Waals surface area contributed by atoms with Gasteiger partial charge in [-0.05, 0) is 87.1 Å². The molecule has 0 fully saturated rings. The predicted octanol–water partition coefficient (Wildman–Crippen LogP) is 5.47. The first kappa shape index (κ1) is 26.2. The highest BCUT2D eigenvalue weighted by Gasteiger charge is 2.20. The van der Waals surface area contributed by atoms with Gasteiger partial charge in [-0.25, -0.2) is 14.6 Å². The highest BCUT2D eigenvalue weighted by atomic mass is 16.2. The molecule has 3 aromatic carbocycles. The van der Waals surface area contributed by atoms with Gasteiger partial charge >= 0.3 is 11.7 Å². The van der Waals surface area contributed by atoms with Gasteiger partial charge in [0.1, 0.15) is 5.49 Å². The lowest BCUT2D eigenvalue weighted by Gasteiger charge is -2.24. The molecule has 0 saturated carbocycles. The SMILES string of the molecule is Cc1cc(C)c(N=c2cc3n(c(=O)n2CCNC(=O)Nc2ccccc2)CCc2cc(C)c(C)cc2-3)c(C)c1. The van der Waals surface area contributed by atoms with Gasteiger partial charge in [0.2, 0.25) is 0 Å². The van der Waals surface area contributed by atoms with Gasteiger partial charge in [-0.3, -0.25) is 9.13 Å². The third-order valence-corrected chi connectivity index (χ3v) is 7.41. The topological polar surface area (TPSA) is 80.4 Å². The van der Waals surface area contributed by atoms with Crippen molar-refractivity contribution in [2.75, 3.05) is 11.9 Å². The molecule has 200 valence electrons. The summed E-state index contributed by atoms with van der Waals surface area (Å²) < 4.78 is 3.52. The van der Waals surface area contributed by atoms with Gasteiger partial charge < -0.3 is 10.6 Å². The van der Waals surface area contributed by atoms with Crippen molar-refractivity contribution in [3.63, 3.8) is 0 Å². The Hall–Kier alpha value is -4.39. The van der Waals surface area contributed by atoms with Crippen LogP contribution in [0, 0.1) is 34.6 Å². The number of nitrogens with zero attached hydrogens (tertiary/aromatic N) is 3. The number of benzene rings is 3. The van der Waals surface area contributed by atoms with E-state index < -0.39 is 0 Å².